The van der Waals surface area contributed by atoms with Crippen molar-refractivity contribution in [3.63, 3.8) is 0 Å². The number of amides is 2. The maximum atomic E-state index is 13.1. The fourth-order valence-corrected chi connectivity index (χ4v) is 4.88. The largest absolute Gasteiger partial charge is 0.394 e. The smallest absolute Gasteiger partial charge is 0.274 e. The second kappa shape index (κ2) is 15.4. The van der Waals surface area contributed by atoms with Gasteiger partial charge in [0, 0.05) is 36.8 Å². The number of rotatable bonds is 14. The van der Waals surface area contributed by atoms with Gasteiger partial charge in [-0.25, -0.2) is 5.48 Å². The maximum absolute atomic E-state index is 13.1. The molecule has 2 rings (SSSR count). The highest BCUT2D eigenvalue weighted by atomic mass is 16.7. The van der Waals surface area contributed by atoms with E-state index in [1.165, 1.54) is 6.07 Å². The van der Waals surface area contributed by atoms with Crippen molar-refractivity contribution in [2.24, 2.45) is 0 Å². The first kappa shape index (κ1) is 31.1. The van der Waals surface area contributed by atoms with E-state index in [1.54, 1.807) is 24.0 Å². The van der Waals surface area contributed by atoms with Gasteiger partial charge in [-0.2, -0.15) is 0 Å². The predicted molar refractivity (Wildman–Crippen MR) is 140 cm³/mol. The van der Waals surface area contributed by atoms with Crippen LogP contribution in [0, 0.1) is 6.92 Å². The third-order valence-electron chi connectivity index (χ3n) is 6.83. The van der Waals surface area contributed by atoms with Gasteiger partial charge >= 0.3 is 0 Å². The Kier molecular flexibility index (Phi) is 12.9. The monoisotopic (exact) mass is 523 g/mol. The molecular formula is C27H45N3O7. The van der Waals surface area contributed by atoms with Gasteiger partial charge in [0.25, 0.3) is 11.8 Å². The van der Waals surface area contributed by atoms with Gasteiger partial charge in [-0.05, 0) is 62.8 Å². The highest BCUT2D eigenvalue weighted by Crippen LogP contribution is 2.25. The van der Waals surface area contributed by atoms with E-state index < -0.39 is 37.1 Å². The topological polar surface area (TPSA) is 143 Å². The molecule has 1 saturated heterocycles. The molecule has 1 fully saturated rings. The molecule has 10 nitrogen and oxygen atoms in total. The Balaban J connectivity index is 2.25. The van der Waals surface area contributed by atoms with Gasteiger partial charge in [0.1, 0.15) is 18.3 Å². The summed E-state index contributed by atoms with van der Waals surface area (Å²) in [6.07, 6.45) is -0.840. The first-order valence-corrected chi connectivity index (χ1v) is 13.5. The summed E-state index contributed by atoms with van der Waals surface area (Å²) < 4.78 is 0. The minimum Gasteiger partial charge on any atom is -0.394 e. The number of benzene rings is 1. The lowest BCUT2D eigenvalue weighted by atomic mass is 9.97. The average molecular weight is 524 g/mol. The fraction of sp³-hybridized carbons (Fsp3) is 0.704. The number of aliphatic hydroxyl groups excluding tert-OH is 4. The lowest BCUT2D eigenvalue weighted by Gasteiger charge is -2.43. The molecule has 10 heteroatoms. The van der Waals surface area contributed by atoms with E-state index >= 15 is 0 Å². The normalized spacial score (nSPS) is 19.6. The minimum atomic E-state index is -1.68. The van der Waals surface area contributed by atoms with Gasteiger partial charge in [0.2, 0.25) is 0 Å². The number of hydroxylamine groups is 1. The molecule has 2 amide bonds. The summed E-state index contributed by atoms with van der Waals surface area (Å²) in [5.41, 5.74) is 3.76. The van der Waals surface area contributed by atoms with Crippen LogP contribution in [0.5, 0.6) is 0 Å². The molecule has 2 unspecified atom stereocenters. The number of hydrogen-bond acceptors (Lipinski definition) is 8. The molecule has 5 N–H and O–H groups in total. The Bertz CT molecular complexity index is 862. The van der Waals surface area contributed by atoms with Crippen LogP contribution in [-0.4, -0.2) is 98.9 Å². The summed E-state index contributed by atoms with van der Waals surface area (Å²) in [7, 11) is 0. The molecule has 210 valence electrons. The molecule has 0 bridgehead atoms. The van der Waals surface area contributed by atoms with Crippen LogP contribution in [0.25, 0.3) is 0 Å². The molecule has 1 aromatic rings. The Labute approximate surface area is 220 Å². The molecule has 0 radical (unpaired) electrons. The predicted octanol–water partition coefficient (Wildman–Crippen LogP) is 1.58. The van der Waals surface area contributed by atoms with Crippen molar-refractivity contribution >= 4 is 11.8 Å². The van der Waals surface area contributed by atoms with Gasteiger partial charge in [-0.1, -0.05) is 27.2 Å². The van der Waals surface area contributed by atoms with Crippen LogP contribution in [0.4, 0.5) is 0 Å². The van der Waals surface area contributed by atoms with Crippen molar-refractivity contribution < 1.29 is 34.9 Å². The number of aryl methyl sites for hydroxylation is 1. The van der Waals surface area contributed by atoms with Crippen molar-refractivity contribution in [2.45, 2.75) is 96.8 Å². The molecule has 5 atom stereocenters. The van der Waals surface area contributed by atoms with E-state index in [0.717, 1.165) is 44.1 Å². The Morgan fingerprint density at radius 3 is 2.30 bits per heavy atom. The average Bonchev–Trinajstić information content (AvgIpc) is 2.91. The molecule has 1 aromatic carbocycles. The van der Waals surface area contributed by atoms with Crippen molar-refractivity contribution in [2.75, 3.05) is 26.2 Å². The van der Waals surface area contributed by atoms with Crippen molar-refractivity contribution in [1.82, 2.24) is 15.3 Å². The maximum Gasteiger partial charge on any atom is 0.274 e. The van der Waals surface area contributed by atoms with Crippen LogP contribution < -0.4 is 5.48 Å². The molecule has 0 aliphatic carbocycles. The molecular weight excluding hydrogens is 478 g/mol. The van der Waals surface area contributed by atoms with Crippen LogP contribution >= 0.6 is 0 Å². The van der Waals surface area contributed by atoms with E-state index in [2.05, 4.69) is 5.48 Å². The van der Waals surface area contributed by atoms with Crippen LogP contribution in [0.2, 0.25) is 0 Å². The summed E-state index contributed by atoms with van der Waals surface area (Å²) in [5, 5.41) is 40.4. The van der Waals surface area contributed by atoms with Gasteiger partial charge in [0.05, 0.1) is 6.61 Å². The van der Waals surface area contributed by atoms with Gasteiger partial charge in [0.15, 0.2) is 6.23 Å². The van der Waals surface area contributed by atoms with Gasteiger partial charge in [-0.15, -0.1) is 0 Å². The number of carbonyl (C=O) groups is 2. The zero-order chi connectivity index (χ0) is 27.5. The SMILES string of the molecule is CCCN(CCC)C(=O)c1cc(C)cc(C(=O)NOC([C@H](O)[C@@H](O)[C@@H](O)CO)N2CCCCC2CC)c1. The summed E-state index contributed by atoms with van der Waals surface area (Å²) >= 11 is 0. The summed E-state index contributed by atoms with van der Waals surface area (Å²) in [6.45, 7) is 8.92. The second-order valence-corrected chi connectivity index (χ2v) is 9.85. The lowest BCUT2D eigenvalue weighted by Crippen LogP contribution is -2.59. The minimum absolute atomic E-state index is 0.0510. The fourth-order valence-electron chi connectivity index (χ4n) is 4.88. The van der Waals surface area contributed by atoms with Crippen LogP contribution in [0.1, 0.15) is 85.6 Å². The quantitative estimate of drug-likeness (QED) is 0.231. The number of hydrogen-bond donors (Lipinski definition) is 5. The Morgan fingerprint density at radius 1 is 1.05 bits per heavy atom. The van der Waals surface area contributed by atoms with E-state index in [1.807, 2.05) is 25.7 Å². The first-order chi connectivity index (χ1) is 17.7. The van der Waals surface area contributed by atoms with Crippen LogP contribution in [-0.2, 0) is 4.84 Å². The standard InChI is InChI=1S/C27H45N3O7/c1-5-11-29(12-6-2)26(36)20-15-18(4)14-19(16-20)25(35)28-37-27(24(34)23(33)22(32)17-31)30-13-9-8-10-21(30)7-3/h14-16,21-24,27,31-34H,5-13,17H2,1-4H3,(H,28,35)/t21?,22-,23-,24+,27?/m0/s1. The van der Waals surface area contributed by atoms with Crippen molar-refractivity contribution in [3.05, 3.63) is 34.9 Å². The molecule has 37 heavy (non-hydrogen) atoms. The molecule has 0 saturated carbocycles. The highest BCUT2D eigenvalue weighted by molar-refractivity contribution is 5.99. The first-order valence-electron chi connectivity index (χ1n) is 13.5. The number of aliphatic hydroxyl groups is 4. The summed E-state index contributed by atoms with van der Waals surface area (Å²) in [6, 6.07) is 4.97. The number of piperidine rings is 1. The third kappa shape index (κ3) is 8.46. The van der Waals surface area contributed by atoms with E-state index in [9.17, 15) is 30.0 Å². The summed E-state index contributed by atoms with van der Waals surface area (Å²) in [4.78, 5) is 35.6. The molecule has 1 aliphatic heterocycles. The number of nitrogens with zero attached hydrogens (tertiary/aromatic N) is 2. The van der Waals surface area contributed by atoms with Crippen LogP contribution in [0.15, 0.2) is 18.2 Å². The molecule has 0 aromatic heterocycles. The van der Waals surface area contributed by atoms with E-state index in [4.69, 9.17) is 4.84 Å². The van der Waals surface area contributed by atoms with E-state index in [-0.39, 0.29) is 17.5 Å². The number of carbonyl (C=O) groups excluding carboxylic acids is 2. The summed E-state index contributed by atoms with van der Waals surface area (Å²) in [5.74, 6) is -0.745. The third-order valence-corrected chi connectivity index (χ3v) is 6.83. The van der Waals surface area contributed by atoms with Gasteiger partial charge in [-0.3, -0.25) is 19.3 Å². The number of likely N-dealkylation sites (tertiary alicyclic amines) is 1. The van der Waals surface area contributed by atoms with Crippen molar-refractivity contribution in [1.29, 1.82) is 0 Å². The Morgan fingerprint density at radius 2 is 1.70 bits per heavy atom. The Hall–Kier alpha value is -2.08. The van der Waals surface area contributed by atoms with E-state index in [0.29, 0.717) is 25.2 Å². The van der Waals surface area contributed by atoms with Gasteiger partial charge < -0.3 is 25.3 Å². The zero-order valence-corrected chi connectivity index (χ0v) is 22.6. The molecule has 0 spiro atoms. The highest BCUT2D eigenvalue weighted by Gasteiger charge is 2.39. The van der Waals surface area contributed by atoms with Crippen molar-refractivity contribution in [3.8, 4) is 0 Å². The number of nitrogens with one attached hydrogen (secondary N) is 1. The second-order valence-electron chi connectivity index (χ2n) is 9.85. The lowest BCUT2D eigenvalue weighted by molar-refractivity contribution is -0.206. The van der Waals surface area contributed by atoms with Crippen LogP contribution in [0.3, 0.4) is 0 Å². The zero-order valence-electron chi connectivity index (χ0n) is 22.6. The molecule has 1 heterocycles. The molecule has 1 aliphatic rings.